The van der Waals surface area contributed by atoms with Gasteiger partial charge in [-0.15, -0.1) is 0 Å². The molecule has 16 heavy (non-hydrogen) atoms. The number of aliphatic hydroxyl groups is 2. The first-order valence-corrected chi connectivity index (χ1v) is 5.29. The standard InChI is InChI=1S/C11H14ClNO3/c12-9-3-1-2-8(4-9)5-11(16)13-6-10(15)7-14/h1-4,10,14-15H,5-7H2,(H,13,16). The highest BCUT2D eigenvalue weighted by Gasteiger charge is 2.06. The van der Waals surface area contributed by atoms with Crippen LogP contribution in [-0.2, 0) is 11.2 Å². The van der Waals surface area contributed by atoms with E-state index in [-0.39, 0.29) is 25.5 Å². The summed E-state index contributed by atoms with van der Waals surface area (Å²) in [5.74, 6) is -0.213. The molecule has 0 saturated carbocycles. The van der Waals surface area contributed by atoms with E-state index >= 15 is 0 Å². The number of hydrogen-bond acceptors (Lipinski definition) is 3. The Morgan fingerprint density at radius 1 is 1.50 bits per heavy atom. The molecule has 1 rings (SSSR count). The number of rotatable bonds is 5. The van der Waals surface area contributed by atoms with Gasteiger partial charge in [-0.25, -0.2) is 0 Å². The van der Waals surface area contributed by atoms with Crippen molar-refractivity contribution < 1.29 is 15.0 Å². The molecule has 88 valence electrons. The second-order valence-electron chi connectivity index (χ2n) is 3.45. The maximum Gasteiger partial charge on any atom is 0.224 e. The molecule has 0 heterocycles. The Morgan fingerprint density at radius 2 is 2.25 bits per heavy atom. The van der Waals surface area contributed by atoms with E-state index in [0.29, 0.717) is 5.02 Å². The molecule has 0 aliphatic carbocycles. The first kappa shape index (κ1) is 13.0. The van der Waals surface area contributed by atoms with Gasteiger partial charge in [-0.1, -0.05) is 23.7 Å². The molecule has 1 unspecified atom stereocenters. The summed E-state index contributed by atoms with van der Waals surface area (Å²) in [6.07, 6.45) is -0.707. The van der Waals surface area contributed by atoms with Gasteiger partial charge in [0.15, 0.2) is 0 Å². The van der Waals surface area contributed by atoms with Crippen molar-refractivity contribution in [2.24, 2.45) is 0 Å². The van der Waals surface area contributed by atoms with E-state index in [2.05, 4.69) is 5.32 Å². The fraction of sp³-hybridized carbons (Fsp3) is 0.364. The number of carbonyl (C=O) groups is 1. The Kier molecular flexibility index (Phi) is 5.25. The molecule has 3 N–H and O–H groups in total. The Bertz CT molecular complexity index is 357. The minimum absolute atomic E-state index is 0.0515. The van der Waals surface area contributed by atoms with Crippen LogP contribution < -0.4 is 5.32 Å². The summed E-state index contributed by atoms with van der Waals surface area (Å²) in [6.45, 7) is -0.312. The van der Waals surface area contributed by atoms with Crippen molar-refractivity contribution in [1.29, 1.82) is 0 Å². The lowest BCUT2D eigenvalue weighted by Crippen LogP contribution is -2.34. The van der Waals surface area contributed by atoms with Crippen LogP contribution in [0.5, 0.6) is 0 Å². The average molecular weight is 244 g/mol. The van der Waals surface area contributed by atoms with E-state index in [9.17, 15) is 4.79 Å². The van der Waals surface area contributed by atoms with Crippen LogP contribution in [0.25, 0.3) is 0 Å². The summed E-state index contributed by atoms with van der Waals surface area (Å²) in [5, 5.41) is 20.7. The third kappa shape index (κ3) is 4.61. The quantitative estimate of drug-likeness (QED) is 0.699. The van der Waals surface area contributed by atoms with Crippen molar-refractivity contribution in [2.45, 2.75) is 12.5 Å². The maximum absolute atomic E-state index is 11.4. The van der Waals surface area contributed by atoms with Gasteiger partial charge in [0.2, 0.25) is 5.91 Å². The molecule has 1 atom stereocenters. The number of nitrogens with one attached hydrogen (secondary N) is 1. The molecule has 0 aliphatic heterocycles. The van der Waals surface area contributed by atoms with Gasteiger partial charge < -0.3 is 15.5 Å². The van der Waals surface area contributed by atoms with Crippen LogP contribution in [0.2, 0.25) is 5.02 Å². The van der Waals surface area contributed by atoms with Gasteiger partial charge in [0.1, 0.15) is 0 Å². The number of amides is 1. The Hall–Kier alpha value is -1.10. The van der Waals surface area contributed by atoms with Crippen molar-refractivity contribution in [3.05, 3.63) is 34.9 Å². The van der Waals surface area contributed by atoms with Crippen LogP contribution in [0.4, 0.5) is 0 Å². The molecule has 0 aliphatic rings. The van der Waals surface area contributed by atoms with Crippen LogP contribution in [-0.4, -0.2) is 35.4 Å². The largest absolute Gasteiger partial charge is 0.394 e. The maximum atomic E-state index is 11.4. The van der Waals surface area contributed by atoms with E-state index in [4.69, 9.17) is 21.8 Å². The van der Waals surface area contributed by atoms with Crippen LogP contribution >= 0.6 is 11.6 Å². The zero-order valence-electron chi connectivity index (χ0n) is 8.69. The highest BCUT2D eigenvalue weighted by Crippen LogP contribution is 2.10. The Balaban J connectivity index is 2.40. The molecule has 0 saturated heterocycles. The van der Waals surface area contributed by atoms with Gasteiger partial charge in [0.05, 0.1) is 19.1 Å². The predicted molar refractivity (Wildman–Crippen MR) is 61.3 cm³/mol. The fourth-order valence-electron chi connectivity index (χ4n) is 1.19. The molecule has 0 fully saturated rings. The van der Waals surface area contributed by atoms with E-state index in [1.807, 2.05) is 0 Å². The lowest BCUT2D eigenvalue weighted by molar-refractivity contribution is -0.121. The van der Waals surface area contributed by atoms with Crippen molar-refractivity contribution >= 4 is 17.5 Å². The zero-order chi connectivity index (χ0) is 12.0. The third-order valence-electron chi connectivity index (χ3n) is 2.00. The summed E-state index contributed by atoms with van der Waals surface area (Å²) >= 11 is 5.77. The van der Waals surface area contributed by atoms with Crippen molar-refractivity contribution in [2.75, 3.05) is 13.2 Å². The van der Waals surface area contributed by atoms with Gasteiger partial charge in [0.25, 0.3) is 0 Å². The van der Waals surface area contributed by atoms with Crippen LogP contribution in [0, 0.1) is 0 Å². The first-order valence-electron chi connectivity index (χ1n) is 4.92. The van der Waals surface area contributed by atoms with Gasteiger partial charge in [-0.2, -0.15) is 0 Å². The average Bonchev–Trinajstić information content (AvgIpc) is 2.26. The van der Waals surface area contributed by atoms with Gasteiger partial charge >= 0.3 is 0 Å². The minimum atomic E-state index is -0.914. The van der Waals surface area contributed by atoms with Crippen molar-refractivity contribution in [3.63, 3.8) is 0 Å². The predicted octanol–water partition coefficient (Wildman–Crippen LogP) is 0.352. The third-order valence-corrected chi connectivity index (χ3v) is 2.23. The van der Waals surface area contributed by atoms with Crippen molar-refractivity contribution in [3.8, 4) is 0 Å². The molecule has 1 aromatic carbocycles. The second kappa shape index (κ2) is 6.48. The first-order chi connectivity index (χ1) is 7.61. The number of hydrogen-bond donors (Lipinski definition) is 3. The summed E-state index contributed by atoms with van der Waals surface area (Å²) in [6, 6.07) is 7.02. The fourth-order valence-corrected chi connectivity index (χ4v) is 1.40. The zero-order valence-corrected chi connectivity index (χ0v) is 9.44. The van der Waals surface area contributed by atoms with E-state index < -0.39 is 6.10 Å². The van der Waals surface area contributed by atoms with Gasteiger partial charge in [-0.05, 0) is 17.7 Å². The molecule has 1 amide bonds. The molecule has 4 nitrogen and oxygen atoms in total. The molecule has 0 aromatic heterocycles. The smallest absolute Gasteiger partial charge is 0.224 e. The van der Waals surface area contributed by atoms with Crippen LogP contribution in [0.3, 0.4) is 0 Å². The van der Waals surface area contributed by atoms with E-state index in [1.165, 1.54) is 0 Å². The highest BCUT2D eigenvalue weighted by atomic mass is 35.5. The summed E-state index contributed by atoms with van der Waals surface area (Å²) in [7, 11) is 0. The Morgan fingerprint density at radius 3 is 2.88 bits per heavy atom. The highest BCUT2D eigenvalue weighted by molar-refractivity contribution is 6.30. The summed E-state index contributed by atoms with van der Waals surface area (Å²) < 4.78 is 0. The minimum Gasteiger partial charge on any atom is -0.394 e. The number of halogens is 1. The van der Waals surface area contributed by atoms with E-state index in [1.54, 1.807) is 24.3 Å². The number of benzene rings is 1. The van der Waals surface area contributed by atoms with Gasteiger partial charge in [-0.3, -0.25) is 4.79 Å². The molecule has 0 radical (unpaired) electrons. The molecular weight excluding hydrogens is 230 g/mol. The van der Waals surface area contributed by atoms with E-state index in [0.717, 1.165) is 5.56 Å². The molecular formula is C11H14ClNO3. The number of aliphatic hydroxyl groups excluding tert-OH is 2. The second-order valence-corrected chi connectivity index (χ2v) is 3.88. The summed E-state index contributed by atoms with van der Waals surface area (Å²) in [5.41, 5.74) is 0.809. The lowest BCUT2D eigenvalue weighted by Gasteiger charge is -2.08. The molecule has 1 aromatic rings. The summed E-state index contributed by atoms with van der Waals surface area (Å²) in [4.78, 5) is 11.4. The lowest BCUT2D eigenvalue weighted by atomic mass is 10.1. The molecule has 0 spiro atoms. The topological polar surface area (TPSA) is 69.6 Å². The van der Waals surface area contributed by atoms with Gasteiger partial charge in [0, 0.05) is 11.6 Å². The van der Waals surface area contributed by atoms with Crippen LogP contribution in [0.15, 0.2) is 24.3 Å². The normalized spacial score (nSPS) is 12.2. The van der Waals surface area contributed by atoms with Crippen LogP contribution in [0.1, 0.15) is 5.56 Å². The SMILES string of the molecule is O=C(Cc1cccc(Cl)c1)NCC(O)CO. The molecule has 5 heteroatoms. The van der Waals surface area contributed by atoms with Crippen molar-refractivity contribution in [1.82, 2.24) is 5.32 Å². The monoisotopic (exact) mass is 243 g/mol. The Labute approximate surface area is 98.9 Å². The number of carbonyl (C=O) groups excluding carboxylic acids is 1. The molecule has 0 bridgehead atoms.